The summed E-state index contributed by atoms with van der Waals surface area (Å²) in [6, 6.07) is 0.417. The molecule has 1 saturated heterocycles. The van der Waals surface area contributed by atoms with Gasteiger partial charge in [-0.1, -0.05) is 26.7 Å². The Bertz CT molecular complexity index is 381. The van der Waals surface area contributed by atoms with Gasteiger partial charge in [-0.2, -0.15) is 0 Å². The number of halogens is 1. The number of ether oxygens (including phenoxy) is 1. The highest BCUT2D eigenvalue weighted by Gasteiger charge is 2.27. The van der Waals surface area contributed by atoms with Gasteiger partial charge in [0.15, 0.2) is 0 Å². The number of nitrogens with one attached hydrogen (secondary N) is 1. The third-order valence-electron chi connectivity index (χ3n) is 3.84. The van der Waals surface area contributed by atoms with E-state index in [1.54, 1.807) is 12.4 Å². The van der Waals surface area contributed by atoms with Crippen molar-refractivity contribution in [1.29, 1.82) is 0 Å². The predicted octanol–water partition coefficient (Wildman–Crippen LogP) is 3.63. The van der Waals surface area contributed by atoms with Gasteiger partial charge in [0.1, 0.15) is 0 Å². The normalized spacial score (nSPS) is 23.6. The Balaban J connectivity index is 1.92. The maximum Gasteiger partial charge on any atom is 0.222 e. The van der Waals surface area contributed by atoms with Crippen molar-refractivity contribution < 1.29 is 4.74 Å². The first-order valence-corrected chi connectivity index (χ1v) is 7.87. The first-order chi connectivity index (χ1) is 9.22. The standard InChI is InChI=1S/C14H22BrN3O/c1-3-10(4-2)13-7-12(5-6-19-13)18-14-16-8-11(15)9-17-14/h8-10,12-13H,3-7H2,1-2H3,(H,16,17,18). The van der Waals surface area contributed by atoms with Crippen LogP contribution >= 0.6 is 15.9 Å². The van der Waals surface area contributed by atoms with Crippen LogP contribution in [0.25, 0.3) is 0 Å². The molecule has 0 bridgehead atoms. The second kappa shape index (κ2) is 7.20. The lowest BCUT2D eigenvalue weighted by Gasteiger charge is -2.34. The van der Waals surface area contributed by atoms with Gasteiger partial charge in [0.05, 0.1) is 10.6 Å². The van der Waals surface area contributed by atoms with E-state index >= 15 is 0 Å². The highest BCUT2D eigenvalue weighted by molar-refractivity contribution is 9.10. The molecule has 2 unspecified atom stereocenters. The minimum Gasteiger partial charge on any atom is -0.378 e. The average molecular weight is 328 g/mol. The van der Waals surface area contributed by atoms with Crippen LogP contribution in [0.5, 0.6) is 0 Å². The summed E-state index contributed by atoms with van der Waals surface area (Å²) in [5, 5.41) is 3.42. The zero-order valence-corrected chi connectivity index (χ0v) is 13.2. The van der Waals surface area contributed by atoms with Gasteiger partial charge in [0.25, 0.3) is 0 Å². The molecule has 0 aromatic carbocycles. The van der Waals surface area contributed by atoms with Crippen molar-refractivity contribution >= 4 is 21.9 Å². The smallest absolute Gasteiger partial charge is 0.222 e. The molecule has 2 heterocycles. The number of rotatable bonds is 5. The summed E-state index contributed by atoms with van der Waals surface area (Å²) in [5.41, 5.74) is 0. The van der Waals surface area contributed by atoms with E-state index in [-0.39, 0.29) is 0 Å². The monoisotopic (exact) mass is 327 g/mol. The maximum absolute atomic E-state index is 5.92. The molecule has 4 nitrogen and oxygen atoms in total. The Hall–Kier alpha value is -0.680. The van der Waals surface area contributed by atoms with E-state index in [9.17, 15) is 0 Å². The van der Waals surface area contributed by atoms with Crippen molar-refractivity contribution in [3.05, 3.63) is 16.9 Å². The molecule has 1 aliphatic heterocycles. The average Bonchev–Trinajstić information content (AvgIpc) is 2.43. The van der Waals surface area contributed by atoms with Gasteiger partial charge in [-0.15, -0.1) is 0 Å². The zero-order chi connectivity index (χ0) is 13.7. The van der Waals surface area contributed by atoms with E-state index in [4.69, 9.17) is 4.74 Å². The highest BCUT2D eigenvalue weighted by Crippen LogP contribution is 2.26. The summed E-state index contributed by atoms with van der Waals surface area (Å²) in [4.78, 5) is 8.55. The summed E-state index contributed by atoms with van der Waals surface area (Å²) in [5.74, 6) is 1.37. The molecule has 0 radical (unpaired) electrons. The van der Waals surface area contributed by atoms with Gasteiger partial charge in [-0.3, -0.25) is 0 Å². The lowest BCUT2D eigenvalue weighted by Crippen LogP contribution is -2.38. The summed E-state index contributed by atoms with van der Waals surface area (Å²) in [6.45, 7) is 5.31. The Morgan fingerprint density at radius 1 is 1.37 bits per heavy atom. The quantitative estimate of drug-likeness (QED) is 0.896. The van der Waals surface area contributed by atoms with Gasteiger partial charge >= 0.3 is 0 Å². The van der Waals surface area contributed by atoms with E-state index in [1.807, 2.05) is 0 Å². The Morgan fingerprint density at radius 3 is 2.68 bits per heavy atom. The third kappa shape index (κ3) is 4.14. The summed E-state index contributed by atoms with van der Waals surface area (Å²) in [6.07, 6.45) is 8.35. The van der Waals surface area contributed by atoms with Crippen molar-refractivity contribution in [2.75, 3.05) is 11.9 Å². The van der Waals surface area contributed by atoms with Gasteiger partial charge in [-0.05, 0) is 34.7 Å². The van der Waals surface area contributed by atoms with E-state index in [1.165, 1.54) is 12.8 Å². The molecule has 1 fully saturated rings. The van der Waals surface area contributed by atoms with E-state index in [0.29, 0.717) is 24.0 Å². The van der Waals surface area contributed by atoms with E-state index < -0.39 is 0 Å². The summed E-state index contributed by atoms with van der Waals surface area (Å²) < 4.78 is 6.82. The maximum atomic E-state index is 5.92. The first-order valence-electron chi connectivity index (χ1n) is 7.08. The fourth-order valence-corrected chi connectivity index (χ4v) is 2.88. The molecule has 19 heavy (non-hydrogen) atoms. The van der Waals surface area contributed by atoms with Crippen molar-refractivity contribution in [2.45, 2.75) is 51.7 Å². The molecule has 106 valence electrons. The number of anilines is 1. The summed E-state index contributed by atoms with van der Waals surface area (Å²) in [7, 11) is 0. The van der Waals surface area contributed by atoms with Crippen LogP contribution in [-0.4, -0.2) is 28.7 Å². The number of aromatic nitrogens is 2. The fraction of sp³-hybridized carbons (Fsp3) is 0.714. The molecule has 1 aromatic rings. The van der Waals surface area contributed by atoms with Gasteiger partial charge < -0.3 is 10.1 Å². The Labute approximate surface area is 123 Å². The van der Waals surface area contributed by atoms with E-state index in [2.05, 4.69) is 45.1 Å². The van der Waals surface area contributed by atoms with Crippen molar-refractivity contribution in [2.24, 2.45) is 5.92 Å². The summed E-state index contributed by atoms with van der Waals surface area (Å²) >= 11 is 3.35. The SMILES string of the molecule is CCC(CC)C1CC(Nc2ncc(Br)cn2)CCO1. The van der Waals surface area contributed by atoms with Crippen LogP contribution in [0.3, 0.4) is 0 Å². The molecule has 0 amide bonds. The Morgan fingerprint density at radius 2 is 2.05 bits per heavy atom. The molecule has 1 N–H and O–H groups in total. The van der Waals surface area contributed by atoms with Crippen LogP contribution in [0, 0.1) is 5.92 Å². The van der Waals surface area contributed by atoms with Gasteiger partial charge in [-0.25, -0.2) is 9.97 Å². The molecule has 5 heteroatoms. The third-order valence-corrected chi connectivity index (χ3v) is 4.25. The van der Waals surface area contributed by atoms with Crippen molar-refractivity contribution in [1.82, 2.24) is 9.97 Å². The molecular weight excluding hydrogens is 306 g/mol. The Kier molecular flexibility index (Phi) is 5.58. The van der Waals surface area contributed by atoms with Crippen LogP contribution < -0.4 is 5.32 Å². The van der Waals surface area contributed by atoms with Gasteiger partial charge in [0, 0.05) is 25.0 Å². The molecule has 0 aliphatic carbocycles. The number of hydrogen-bond acceptors (Lipinski definition) is 4. The van der Waals surface area contributed by atoms with E-state index in [0.717, 1.165) is 23.9 Å². The van der Waals surface area contributed by atoms with Gasteiger partial charge in [0.2, 0.25) is 5.95 Å². The van der Waals surface area contributed by atoms with Crippen LogP contribution in [0.15, 0.2) is 16.9 Å². The molecule has 1 aromatic heterocycles. The second-order valence-electron chi connectivity index (χ2n) is 5.08. The molecular formula is C14H22BrN3O. The highest BCUT2D eigenvalue weighted by atomic mass is 79.9. The van der Waals surface area contributed by atoms with Crippen LogP contribution in [0.4, 0.5) is 5.95 Å². The lowest BCUT2D eigenvalue weighted by molar-refractivity contribution is -0.0271. The van der Waals surface area contributed by atoms with Crippen LogP contribution in [-0.2, 0) is 4.74 Å². The topological polar surface area (TPSA) is 47.0 Å². The van der Waals surface area contributed by atoms with Crippen molar-refractivity contribution in [3.63, 3.8) is 0 Å². The fourth-order valence-electron chi connectivity index (χ4n) is 2.67. The first kappa shape index (κ1) is 14.7. The molecule has 0 spiro atoms. The zero-order valence-electron chi connectivity index (χ0n) is 11.6. The van der Waals surface area contributed by atoms with Crippen molar-refractivity contribution in [3.8, 4) is 0 Å². The molecule has 0 saturated carbocycles. The predicted molar refractivity (Wildman–Crippen MR) is 80.2 cm³/mol. The van der Waals surface area contributed by atoms with Crippen LogP contribution in [0.1, 0.15) is 39.5 Å². The minimum atomic E-state index is 0.372. The number of nitrogens with zero attached hydrogens (tertiary/aromatic N) is 2. The lowest BCUT2D eigenvalue weighted by atomic mass is 9.89. The second-order valence-corrected chi connectivity index (χ2v) is 5.99. The molecule has 2 atom stereocenters. The molecule has 1 aliphatic rings. The minimum absolute atomic E-state index is 0.372. The van der Waals surface area contributed by atoms with Crippen LogP contribution in [0.2, 0.25) is 0 Å². The molecule has 2 rings (SSSR count). The number of hydrogen-bond donors (Lipinski definition) is 1. The largest absolute Gasteiger partial charge is 0.378 e.